The molecule has 0 unspecified atom stereocenters. The zero-order valence-electron chi connectivity index (χ0n) is 11.6. The van der Waals surface area contributed by atoms with Crippen LogP contribution >= 0.6 is 23.4 Å². The number of hydrogen-bond acceptors (Lipinski definition) is 5. The number of halogens is 1. The van der Waals surface area contributed by atoms with Gasteiger partial charge >= 0.3 is 0 Å². The summed E-state index contributed by atoms with van der Waals surface area (Å²) in [5.41, 5.74) is 7.85. The van der Waals surface area contributed by atoms with Crippen LogP contribution in [0.4, 0.5) is 5.82 Å². The van der Waals surface area contributed by atoms with Crippen LogP contribution in [0.25, 0.3) is 11.0 Å². The first kappa shape index (κ1) is 14.0. The van der Waals surface area contributed by atoms with Crippen LogP contribution in [0.15, 0.2) is 5.16 Å². The molecule has 5 nitrogen and oxygen atoms in total. The molecule has 1 fully saturated rings. The van der Waals surface area contributed by atoms with Crippen LogP contribution in [0.3, 0.4) is 0 Å². The van der Waals surface area contributed by atoms with Gasteiger partial charge in [-0.25, -0.2) is 9.97 Å². The first-order chi connectivity index (χ1) is 9.63. The van der Waals surface area contributed by atoms with E-state index in [1.165, 1.54) is 11.8 Å². The molecule has 3 rings (SSSR count). The number of thioether (sulfide) groups is 1. The van der Waals surface area contributed by atoms with E-state index in [0.717, 1.165) is 58.7 Å². The van der Waals surface area contributed by atoms with E-state index in [1.54, 1.807) is 0 Å². The zero-order chi connectivity index (χ0) is 14.3. The Morgan fingerprint density at radius 2 is 2.30 bits per heavy atom. The smallest absolute Gasteiger partial charge is 0.191 e. The van der Waals surface area contributed by atoms with E-state index in [4.69, 9.17) is 17.3 Å². The van der Waals surface area contributed by atoms with Crippen molar-refractivity contribution in [2.75, 3.05) is 24.2 Å². The Morgan fingerprint density at radius 3 is 2.90 bits per heavy atom. The van der Waals surface area contributed by atoms with Crippen molar-refractivity contribution in [2.24, 2.45) is 5.73 Å². The van der Waals surface area contributed by atoms with Gasteiger partial charge in [0.25, 0.3) is 0 Å². The molecule has 1 atom stereocenters. The lowest BCUT2D eigenvalue weighted by Gasteiger charge is -2.18. The zero-order valence-corrected chi connectivity index (χ0v) is 13.2. The molecule has 2 aromatic rings. The van der Waals surface area contributed by atoms with Gasteiger partial charge in [0, 0.05) is 24.8 Å². The normalized spacial score (nSPS) is 19.2. The van der Waals surface area contributed by atoms with E-state index in [1.807, 2.05) is 6.26 Å². The minimum Gasteiger partial charge on any atom is -0.354 e. The molecular weight excluding hydrogens is 294 g/mol. The maximum Gasteiger partial charge on any atom is 0.191 e. The molecule has 0 aromatic carbocycles. The second-order valence-electron chi connectivity index (χ2n) is 5.02. The monoisotopic (exact) mass is 311 g/mol. The number of anilines is 1. The Labute approximate surface area is 127 Å². The van der Waals surface area contributed by atoms with Crippen molar-refractivity contribution in [1.82, 2.24) is 15.0 Å². The minimum absolute atomic E-state index is 0.209. The highest BCUT2D eigenvalue weighted by atomic mass is 35.5. The fraction of sp³-hybridized carbons (Fsp3) is 0.538. The molecule has 2 aromatic heterocycles. The average Bonchev–Trinajstić information content (AvgIpc) is 3.02. The van der Waals surface area contributed by atoms with Crippen molar-refractivity contribution >= 4 is 40.2 Å². The molecule has 1 saturated heterocycles. The van der Waals surface area contributed by atoms with Gasteiger partial charge in [0.15, 0.2) is 5.16 Å². The number of nitrogens with one attached hydrogen (secondary N) is 1. The largest absolute Gasteiger partial charge is 0.354 e. The number of H-pyrrole nitrogens is 1. The molecule has 108 valence electrons. The SMILES string of the molecule is CCc1[nH]c2nc(SC)nc(N3CC[C@@H](N)C3)c2c1Cl. The summed E-state index contributed by atoms with van der Waals surface area (Å²) in [6.07, 6.45) is 3.82. The highest BCUT2D eigenvalue weighted by Gasteiger charge is 2.25. The molecule has 3 N–H and O–H groups in total. The Bertz CT molecular complexity index is 641. The number of aromatic nitrogens is 3. The molecule has 0 amide bonds. The third-order valence-electron chi connectivity index (χ3n) is 3.68. The van der Waals surface area contributed by atoms with Gasteiger partial charge in [-0.3, -0.25) is 0 Å². The summed E-state index contributed by atoms with van der Waals surface area (Å²) in [6.45, 7) is 3.82. The van der Waals surface area contributed by atoms with Crippen molar-refractivity contribution in [3.8, 4) is 0 Å². The summed E-state index contributed by atoms with van der Waals surface area (Å²) in [5.74, 6) is 0.910. The van der Waals surface area contributed by atoms with Gasteiger partial charge in [-0.2, -0.15) is 0 Å². The summed E-state index contributed by atoms with van der Waals surface area (Å²) >= 11 is 8.03. The van der Waals surface area contributed by atoms with E-state index in [2.05, 4.69) is 26.8 Å². The van der Waals surface area contributed by atoms with Gasteiger partial charge in [-0.15, -0.1) is 0 Å². The standard InChI is InChI=1S/C13H18ClN5S/c1-3-8-10(14)9-11(16-8)17-13(20-2)18-12(9)19-5-4-7(15)6-19/h7H,3-6,15H2,1-2H3,(H,16,17,18)/t7-/m1/s1. The second kappa shape index (κ2) is 5.42. The predicted molar refractivity (Wildman–Crippen MR) is 84.9 cm³/mol. The third-order valence-corrected chi connectivity index (χ3v) is 4.65. The topological polar surface area (TPSA) is 70.8 Å². The maximum atomic E-state index is 6.50. The Hall–Kier alpha value is -0.980. The molecule has 20 heavy (non-hydrogen) atoms. The van der Waals surface area contributed by atoms with Crippen molar-refractivity contribution in [1.29, 1.82) is 0 Å². The lowest BCUT2D eigenvalue weighted by Crippen LogP contribution is -2.27. The molecule has 0 bridgehead atoms. The fourth-order valence-electron chi connectivity index (χ4n) is 2.61. The number of rotatable bonds is 3. The van der Waals surface area contributed by atoms with Crippen LogP contribution in [-0.2, 0) is 6.42 Å². The number of nitrogens with two attached hydrogens (primary N) is 1. The molecule has 0 aliphatic carbocycles. The maximum absolute atomic E-state index is 6.50. The lowest BCUT2D eigenvalue weighted by atomic mass is 10.3. The Morgan fingerprint density at radius 1 is 1.50 bits per heavy atom. The summed E-state index contributed by atoms with van der Waals surface area (Å²) in [5, 5.41) is 2.43. The number of aromatic amines is 1. The van der Waals surface area contributed by atoms with Crippen molar-refractivity contribution in [2.45, 2.75) is 31.0 Å². The fourth-order valence-corrected chi connectivity index (χ4v) is 3.33. The number of hydrogen-bond donors (Lipinski definition) is 2. The highest BCUT2D eigenvalue weighted by molar-refractivity contribution is 7.98. The molecule has 1 aliphatic rings. The van der Waals surface area contributed by atoms with Crippen LogP contribution in [0.1, 0.15) is 19.0 Å². The van der Waals surface area contributed by atoms with Gasteiger partial charge in [0.2, 0.25) is 0 Å². The van der Waals surface area contributed by atoms with E-state index in [0.29, 0.717) is 0 Å². The van der Waals surface area contributed by atoms with Gasteiger partial charge < -0.3 is 15.6 Å². The van der Waals surface area contributed by atoms with Crippen LogP contribution in [-0.4, -0.2) is 40.3 Å². The van der Waals surface area contributed by atoms with Gasteiger partial charge in [-0.05, 0) is 19.1 Å². The summed E-state index contributed by atoms with van der Waals surface area (Å²) < 4.78 is 0. The lowest BCUT2D eigenvalue weighted by molar-refractivity contribution is 0.751. The van der Waals surface area contributed by atoms with Gasteiger partial charge in [-0.1, -0.05) is 30.3 Å². The first-order valence-electron chi connectivity index (χ1n) is 6.76. The molecule has 0 saturated carbocycles. The average molecular weight is 312 g/mol. The van der Waals surface area contributed by atoms with Crippen LogP contribution < -0.4 is 10.6 Å². The third kappa shape index (κ3) is 2.25. The Balaban J connectivity index is 2.19. The number of aryl methyl sites for hydroxylation is 1. The molecule has 3 heterocycles. The van der Waals surface area contributed by atoms with Crippen LogP contribution in [0, 0.1) is 0 Å². The second-order valence-corrected chi connectivity index (χ2v) is 6.17. The highest BCUT2D eigenvalue weighted by Crippen LogP contribution is 2.35. The molecule has 0 spiro atoms. The quantitative estimate of drug-likeness (QED) is 0.673. The van der Waals surface area contributed by atoms with Crippen LogP contribution in [0.5, 0.6) is 0 Å². The minimum atomic E-state index is 0.209. The predicted octanol–water partition coefficient (Wildman–Crippen LogP) is 2.43. The van der Waals surface area contributed by atoms with Gasteiger partial charge in [0.05, 0.1) is 10.4 Å². The molecular formula is C13H18ClN5S. The van der Waals surface area contributed by atoms with E-state index in [-0.39, 0.29) is 6.04 Å². The first-order valence-corrected chi connectivity index (χ1v) is 8.37. The molecule has 0 radical (unpaired) electrons. The summed E-state index contributed by atoms with van der Waals surface area (Å²) in [6, 6.07) is 0.209. The van der Waals surface area contributed by atoms with Gasteiger partial charge in [0.1, 0.15) is 11.5 Å². The van der Waals surface area contributed by atoms with Crippen molar-refractivity contribution < 1.29 is 0 Å². The summed E-state index contributed by atoms with van der Waals surface area (Å²) in [7, 11) is 0. The number of fused-ring (bicyclic) bond motifs is 1. The van der Waals surface area contributed by atoms with Crippen molar-refractivity contribution in [3.63, 3.8) is 0 Å². The van der Waals surface area contributed by atoms with Crippen LogP contribution in [0.2, 0.25) is 5.02 Å². The Kier molecular flexibility index (Phi) is 3.79. The number of nitrogens with zero attached hydrogens (tertiary/aromatic N) is 3. The van der Waals surface area contributed by atoms with E-state index in [9.17, 15) is 0 Å². The molecule has 7 heteroatoms. The van der Waals surface area contributed by atoms with E-state index >= 15 is 0 Å². The van der Waals surface area contributed by atoms with E-state index < -0.39 is 0 Å². The molecule has 1 aliphatic heterocycles. The summed E-state index contributed by atoms with van der Waals surface area (Å²) in [4.78, 5) is 14.7. The van der Waals surface area contributed by atoms with Crippen molar-refractivity contribution in [3.05, 3.63) is 10.7 Å².